The molecule has 144 valence electrons. The van der Waals surface area contributed by atoms with E-state index in [0.717, 1.165) is 24.5 Å². The fourth-order valence-electron chi connectivity index (χ4n) is 2.91. The van der Waals surface area contributed by atoms with E-state index in [1.165, 1.54) is 12.1 Å². The minimum absolute atomic E-state index is 0.107. The van der Waals surface area contributed by atoms with E-state index in [0.29, 0.717) is 11.6 Å². The Morgan fingerprint density at radius 1 is 1.26 bits per heavy atom. The predicted octanol–water partition coefficient (Wildman–Crippen LogP) is 5.23. The highest BCUT2D eigenvalue weighted by Gasteiger charge is 2.27. The van der Waals surface area contributed by atoms with Crippen molar-refractivity contribution in [3.05, 3.63) is 62.2 Å². The second kappa shape index (κ2) is 8.11. The number of hydrazone groups is 1. The van der Waals surface area contributed by atoms with Crippen LogP contribution in [0.1, 0.15) is 40.5 Å². The Kier molecular flexibility index (Phi) is 6.09. The third-order valence-electron chi connectivity index (χ3n) is 4.93. The predicted molar refractivity (Wildman–Crippen MR) is 106 cm³/mol. The van der Waals surface area contributed by atoms with E-state index in [-0.39, 0.29) is 16.8 Å². The molecule has 0 radical (unpaired) electrons. The zero-order valence-corrected chi connectivity index (χ0v) is 15.9. The minimum Gasteiger partial charge on any atom is -0.271 e. The minimum atomic E-state index is -0.669. The van der Waals surface area contributed by atoms with Gasteiger partial charge in [0, 0.05) is 12.0 Å². The number of benzene rings is 1. The SMILES string of the molecule is CC(=C/[C@@H]1C=CCCC1(C)C)/C(C)=N/Nc1ccc([N+](=O)[O-])cc1[N+](=O)[O-]. The average Bonchev–Trinajstić information content (AvgIpc) is 2.60. The molecule has 0 unspecified atom stereocenters. The first-order chi connectivity index (χ1) is 12.6. The number of hydrogen-bond donors (Lipinski definition) is 1. The van der Waals surface area contributed by atoms with Crippen LogP contribution in [0.15, 0.2) is 47.1 Å². The van der Waals surface area contributed by atoms with Crippen molar-refractivity contribution < 1.29 is 9.85 Å². The number of nitrogens with zero attached hydrogens (tertiary/aromatic N) is 3. The Morgan fingerprint density at radius 3 is 2.56 bits per heavy atom. The summed E-state index contributed by atoms with van der Waals surface area (Å²) in [5, 5.41) is 26.2. The van der Waals surface area contributed by atoms with Gasteiger partial charge in [0.25, 0.3) is 5.69 Å². The highest BCUT2D eigenvalue weighted by atomic mass is 16.6. The van der Waals surface area contributed by atoms with E-state index in [1.54, 1.807) is 0 Å². The second-order valence-electron chi connectivity index (χ2n) is 7.36. The smallest absolute Gasteiger partial charge is 0.271 e. The number of rotatable bonds is 6. The molecule has 0 fully saturated rings. The van der Waals surface area contributed by atoms with Crippen LogP contribution in [0.4, 0.5) is 17.1 Å². The van der Waals surface area contributed by atoms with E-state index in [4.69, 9.17) is 0 Å². The van der Waals surface area contributed by atoms with Gasteiger partial charge in [0.15, 0.2) is 0 Å². The van der Waals surface area contributed by atoms with Crippen LogP contribution >= 0.6 is 0 Å². The lowest BCUT2D eigenvalue weighted by atomic mass is 9.71. The first-order valence-electron chi connectivity index (χ1n) is 8.70. The van der Waals surface area contributed by atoms with Crippen LogP contribution in [-0.2, 0) is 0 Å². The van der Waals surface area contributed by atoms with E-state index in [1.807, 2.05) is 13.8 Å². The molecule has 27 heavy (non-hydrogen) atoms. The van der Waals surface area contributed by atoms with Crippen LogP contribution in [0.2, 0.25) is 0 Å². The van der Waals surface area contributed by atoms with Crippen molar-refractivity contribution in [3.8, 4) is 0 Å². The van der Waals surface area contributed by atoms with Crippen molar-refractivity contribution in [2.24, 2.45) is 16.4 Å². The molecular formula is C19H24N4O4. The van der Waals surface area contributed by atoms with Crippen LogP contribution in [0.3, 0.4) is 0 Å². The fraction of sp³-hybridized carbons (Fsp3) is 0.421. The molecule has 0 spiro atoms. The number of nitro benzene ring substituents is 2. The molecule has 0 amide bonds. The summed E-state index contributed by atoms with van der Waals surface area (Å²) in [5.41, 5.74) is 3.87. The number of hydrogen-bond acceptors (Lipinski definition) is 6. The molecule has 0 heterocycles. The monoisotopic (exact) mass is 372 g/mol. The van der Waals surface area contributed by atoms with Crippen molar-refractivity contribution in [1.82, 2.24) is 0 Å². The molecule has 8 nitrogen and oxygen atoms in total. The standard InChI is InChI=1S/C19H24N4O4/c1-13(11-15-7-5-6-10-19(15,3)4)14(2)20-21-17-9-8-16(22(24)25)12-18(17)23(26)27/h5,7-9,11-12,15,21H,6,10H2,1-4H3/b13-11-,20-14+/t15-/m0/s1. The topological polar surface area (TPSA) is 111 Å². The van der Waals surface area contributed by atoms with E-state index in [2.05, 4.69) is 42.6 Å². The number of nitrogens with one attached hydrogen (secondary N) is 1. The van der Waals surface area contributed by atoms with Gasteiger partial charge in [-0.25, -0.2) is 0 Å². The number of non-ortho nitro benzene ring substituents is 1. The molecule has 0 bridgehead atoms. The highest BCUT2D eigenvalue weighted by molar-refractivity contribution is 5.98. The molecule has 1 aromatic rings. The lowest BCUT2D eigenvalue weighted by Crippen LogP contribution is -2.23. The van der Waals surface area contributed by atoms with E-state index < -0.39 is 15.5 Å². The molecule has 0 saturated heterocycles. The van der Waals surface area contributed by atoms with Gasteiger partial charge in [0.1, 0.15) is 5.69 Å². The molecule has 1 atom stereocenters. The summed E-state index contributed by atoms with van der Waals surface area (Å²) in [6.45, 7) is 8.23. The summed E-state index contributed by atoms with van der Waals surface area (Å²) in [6, 6.07) is 3.42. The van der Waals surface area contributed by atoms with Gasteiger partial charge in [-0.2, -0.15) is 5.10 Å². The second-order valence-corrected chi connectivity index (χ2v) is 7.36. The van der Waals surface area contributed by atoms with Crippen LogP contribution in [0, 0.1) is 31.6 Å². The summed E-state index contributed by atoms with van der Waals surface area (Å²) < 4.78 is 0. The Morgan fingerprint density at radius 2 is 1.96 bits per heavy atom. The summed E-state index contributed by atoms with van der Waals surface area (Å²) >= 11 is 0. The largest absolute Gasteiger partial charge is 0.301 e. The molecule has 0 saturated carbocycles. The Hall–Kier alpha value is -3.03. The molecule has 1 aliphatic carbocycles. The summed E-state index contributed by atoms with van der Waals surface area (Å²) in [7, 11) is 0. The Labute approximate surface area is 158 Å². The normalized spacial score (nSPS) is 19.6. The van der Waals surface area contributed by atoms with Gasteiger partial charge < -0.3 is 0 Å². The van der Waals surface area contributed by atoms with Crippen LogP contribution in [0.25, 0.3) is 0 Å². The van der Waals surface area contributed by atoms with Crippen molar-refractivity contribution in [2.45, 2.75) is 40.5 Å². The highest BCUT2D eigenvalue weighted by Crippen LogP contribution is 2.38. The summed E-state index contributed by atoms with van der Waals surface area (Å²) in [5.74, 6) is 0.296. The summed E-state index contributed by atoms with van der Waals surface area (Å²) in [4.78, 5) is 20.7. The third-order valence-corrected chi connectivity index (χ3v) is 4.93. The van der Waals surface area contributed by atoms with Crippen molar-refractivity contribution >= 4 is 22.8 Å². The molecule has 1 aromatic carbocycles. The van der Waals surface area contributed by atoms with Gasteiger partial charge >= 0.3 is 5.69 Å². The number of anilines is 1. The maximum absolute atomic E-state index is 11.2. The fourth-order valence-corrected chi connectivity index (χ4v) is 2.91. The quantitative estimate of drug-likeness (QED) is 0.318. The zero-order valence-electron chi connectivity index (χ0n) is 15.9. The number of allylic oxidation sites excluding steroid dienone is 4. The van der Waals surface area contributed by atoms with Gasteiger partial charge in [0.05, 0.1) is 21.6 Å². The molecule has 0 aliphatic heterocycles. The van der Waals surface area contributed by atoms with Gasteiger partial charge in [-0.05, 0) is 43.7 Å². The zero-order chi connectivity index (χ0) is 20.2. The van der Waals surface area contributed by atoms with Crippen molar-refractivity contribution in [2.75, 3.05) is 5.43 Å². The first-order valence-corrected chi connectivity index (χ1v) is 8.70. The summed E-state index contributed by atoms with van der Waals surface area (Å²) in [6.07, 6.45) is 8.73. The number of nitro groups is 2. The lowest BCUT2D eigenvalue weighted by Gasteiger charge is -2.33. The average molecular weight is 372 g/mol. The maximum Gasteiger partial charge on any atom is 0.301 e. The van der Waals surface area contributed by atoms with Gasteiger partial charge in [-0.1, -0.05) is 32.1 Å². The molecule has 1 N–H and O–H groups in total. The lowest BCUT2D eigenvalue weighted by molar-refractivity contribution is -0.393. The maximum atomic E-state index is 11.2. The van der Waals surface area contributed by atoms with Crippen molar-refractivity contribution in [3.63, 3.8) is 0 Å². The van der Waals surface area contributed by atoms with Crippen LogP contribution < -0.4 is 5.43 Å². The third kappa shape index (κ3) is 4.99. The van der Waals surface area contributed by atoms with Crippen molar-refractivity contribution in [1.29, 1.82) is 0 Å². The van der Waals surface area contributed by atoms with E-state index in [9.17, 15) is 20.2 Å². The molecule has 8 heteroatoms. The van der Waals surface area contributed by atoms with Crippen LogP contribution in [0.5, 0.6) is 0 Å². The van der Waals surface area contributed by atoms with E-state index >= 15 is 0 Å². The molecule has 0 aromatic heterocycles. The Balaban J connectivity index is 2.23. The molecule has 1 aliphatic rings. The van der Waals surface area contributed by atoms with Gasteiger partial charge in [-0.3, -0.25) is 25.7 Å². The van der Waals surface area contributed by atoms with Crippen LogP contribution in [-0.4, -0.2) is 15.6 Å². The Bertz CT molecular complexity index is 840. The first kappa shape index (κ1) is 20.3. The van der Waals surface area contributed by atoms with Gasteiger partial charge in [-0.15, -0.1) is 0 Å². The van der Waals surface area contributed by atoms with Gasteiger partial charge in [0.2, 0.25) is 0 Å². The molecular weight excluding hydrogens is 348 g/mol. The molecule has 2 rings (SSSR count).